The zero-order chi connectivity index (χ0) is 21.0. The van der Waals surface area contributed by atoms with Gasteiger partial charge in [-0.1, -0.05) is 49.3 Å². The number of para-hydroxylation sites is 1. The molecule has 3 N–H and O–H groups in total. The summed E-state index contributed by atoms with van der Waals surface area (Å²) in [4.78, 5) is 38.1. The molecule has 7 heteroatoms. The van der Waals surface area contributed by atoms with Crippen LogP contribution in [0.5, 0.6) is 0 Å². The zero-order valence-corrected chi connectivity index (χ0v) is 16.0. The molecule has 7 nitrogen and oxygen atoms in total. The molecule has 0 saturated heterocycles. The lowest BCUT2D eigenvalue weighted by Gasteiger charge is -2.34. The summed E-state index contributed by atoms with van der Waals surface area (Å²) in [5.41, 5.74) is 0.368. The van der Waals surface area contributed by atoms with Gasteiger partial charge in [0.25, 0.3) is 0 Å². The number of carbonyl (C=O) groups is 3. The quantitative estimate of drug-likeness (QED) is 0.612. The molecule has 1 atom stereocenters. The van der Waals surface area contributed by atoms with E-state index in [4.69, 9.17) is 0 Å². The molecular formula is C22H24N2O5. The van der Waals surface area contributed by atoms with Crippen LogP contribution in [0.3, 0.4) is 0 Å². The standard InChI is InChI=1S/C22H24N2O5/c1-2-16(20(27)28)22(12-5-6-13-22)21(29)23-18-11-7-9-15-8-3-4-10-17(15)24(18)14-19(25)26/h2-4,7-11,16H,1,5-6,12-14H2,(H,23,29)(H,25,26)(H,27,28). The summed E-state index contributed by atoms with van der Waals surface area (Å²) in [6.45, 7) is 3.28. The van der Waals surface area contributed by atoms with Crippen molar-refractivity contribution in [3.05, 3.63) is 60.5 Å². The second kappa shape index (κ2) is 8.34. The maximum atomic E-state index is 13.3. The first-order valence-electron chi connectivity index (χ1n) is 9.52. The van der Waals surface area contributed by atoms with Crippen molar-refractivity contribution in [3.63, 3.8) is 0 Å². The molecular weight excluding hydrogens is 372 g/mol. The Labute approximate surface area is 169 Å². The van der Waals surface area contributed by atoms with E-state index >= 15 is 0 Å². The van der Waals surface area contributed by atoms with Crippen LogP contribution in [0.4, 0.5) is 5.69 Å². The first kappa shape index (κ1) is 20.4. The van der Waals surface area contributed by atoms with Gasteiger partial charge in [-0.3, -0.25) is 14.4 Å². The molecule has 2 aliphatic rings. The van der Waals surface area contributed by atoms with E-state index in [1.807, 2.05) is 18.2 Å². The number of fused-ring (bicyclic) bond motifs is 1. The molecule has 1 aromatic rings. The SMILES string of the molecule is C=CC(C(=O)O)C1(C(=O)NC2=CC=Cc3ccccc3N2CC(=O)O)CCCC1. The van der Waals surface area contributed by atoms with Crippen LogP contribution in [0.2, 0.25) is 0 Å². The first-order valence-corrected chi connectivity index (χ1v) is 9.52. The molecule has 1 aromatic carbocycles. The molecule has 152 valence electrons. The molecule has 0 bridgehead atoms. The highest BCUT2D eigenvalue weighted by Crippen LogP contribution is 2.45. The Balaban J connectivity index is 1.96. The fraction of sp³-hybridized carbons (Fsp3) is 0.318. The highest BCUT2D eigenvalue weighted by Gasteiger charge is 2.50. The molecule has 1 heterocycles. The van der Waals surface area contributed by atoms with E-state index in [1.165, 1.54) is 11.0 Å². The van der Waals surface area contributed by atoms with Gasteiger partial charge in [0.1, 0.15) is 12.4 Å². The van der Waals surface area contributed by atoms with Crippen LogP contribution in [0.15, 0.2) is 54.9 Å². The maximum absolute atomic E-state index is 13.3. The van der Waals surface area contributed by atoms with E-state index in [-0.39, 0.29) is 6.54 Å². The molecule has 1 saturated carbocycles. The Morgan fingerprint density at radius 3 is 2.52 bits per heavy atom. The predicted octanol–water partition coefficient (Wildman–Crippen LogP) is 3.01. The molecule has 0 spiro atoms. The van der Waals surface area contributed by atoms with Crippen LogP contribution < -0.4 is 10.2 Å². The fourth-order valence-electron chi connectivity index (χ4n) is 4.24. The number of benzene rings is 1. The largest absolute Gasteiger partial charge is 0.481 e. The van der Waals surface area contributed by atoms with Crippen molar-refractivity contribution < 1.29 is 24.6 Å². The third kappa shape index (κ3) is 3.94. The van der Waals surface area contributed by atoms with Crippen LogP contribution in [0.1, 0.15) is 31.2 Å². The third-order valence-corrected chi connectivity index (χ3v) is 5.63. The second-order valence-electron chi connectivity index (χ2n) is 7.32. The van der Waals surface area contributed by atoms with Crippen LogP contribution in [0, 0.1) is 11.3 Å². The van der Waals surface area contributed by atoms with Gasteiger partial charge in [-0.05, 0) is 30.5 Å². The normalized spacial score (nSPS) is 18.2. The lowest BCUT2D eigenvalue weighted by atomic mass is 9.73. The summed E-state index contributed by atoms with van der Waals surface area (Å²) < 4.78 is 0. The maximum Gasteiger partial charge on any atom is 0.323 e. The number of anilines is 1. The van der Waals surface area contributed by atoms with E-state index < -0.39 is 29.2 Å². The molecule has 1 fully saturated rings. The molecule has 1 unspecified atom stereocenters. The number of carbonyl (C=O) groups excluding carboxylic acids is 1. The van der Waals surface area contributed by atoms with Gasteiger partial charge in [-0.15, -0.1) is 6.58 Å². The second-order valence-corrected chi connectivity index (χ2v) is 7.32. The van der Waals surface area contributed by atoms with Gasteiger partial charge in [-0.25, -0.2) is 0 Å². The minimum atomic E-state index is -1.10. The minimum absolute atomic E-state index is 0.304. The number of hydrogen-bond donors (Lipinski definition) is 3. The fourth-order valence-corrected chi connectivity index (χ4v) is 4.24. The number of allylic oxidation sites excluding steroid dienone is 2. The van der Waals surface area contributed by atoms with E-state index in [0.29, 0.717) is 24.4 Å². The molecule has 0 radical (unpaired) electrons. The number of carboxylic acids is 2. The van der Waals surface area contributed by atoms with Crippen LogP contribution in [-0.2, 0) is 14.4 Å². The van der Waals surface area contributed by atoms with Crippen LogP contribution in [-0.4, -0.2) is 34.6 Å². The molecule has 1 amide bonds. The Kier molecular flexibility index (Phi) is 5.87. The number of amides is 1. The summed E-state index contributed by atoms with van der Waals surface area (Å²) in [6.07, 6.45) is 8.92. The third-order valence-electron chi connectivity index (χ3n) is 5.63. The molecule has 0 aromatic heterocycles. The van der Waals surface area contributed by atoms with Gasteiger partial charge in [0, 0.05) is 0 Å². The van der Waals surface area contributed by atoms with Crippen molar-refractivity contribution in [2.24, 2.45) is 11.3 Å². The van der Waals surface area contributed by atoms with Crippen LogP contribution in [0.25, 0.3) is 6.08 Å². The van der Waals surface area contributed by atoms with Crippen molar-refractivity contribution in [3.8, 4) is 0 Å². The van der Waals surface area contributed by atoms with E-state index in [2.05, 4.69) is 11.9 Å². The van der Waals surface area contributed by atoms with Gasteiger partial charge in [-0.2, -0.15) is 0 Å². The van der Waals surface area contributed by atoms with E-state index in [1.54, 1.807) is 24.3 Å². The van der Waals surface area contributed by atoms with Crippen molar-refractivity contribution in [2.45, 2.75) is 25.7 Å². The van der Waals surface area contributed by atoms with E-state index in [0.717, 1.165) is 18.4 Å². The van der Waals surface area contributed by atoms with Gasteiger partial charge in [0.05, 0.1) is 17.0 Å². The van der Waals surface area contributed by atoms with Gasteiger partial charge in [0.2, 0.25) is 5.91 Å². The Morgan fingerprint density at radius 1 is 1.21 bits per heavy atom. The summed E-state index contributed by atoms with van der Waals surface area (Å²) >= 11 is 0. The minimum Gasteiger partial charge on any atom is -0.481 e. The van der Waals surface area contributed by atoms with Crippen LogP contribution >= 0.6 is 0 Å². The first-order chi connectivity index (χ1) is 13.9. The lowest BCUT2D eigenvalue weighted by molar-refractivity contribution is -0.150. The molecule has 3 rings (SSSR count). The molecule has 29 heavy (non-hydrogen) atoms. The van der Waals surface area contributed by atoms with Crippen molar-refractivity contribution in [2.75, 3.05) is 11.4 Å². The summed E-state index contributed by atoms with van der Waals surface area (Å²) in [5, 5.41) is 21.9. The van der Waals surface area contributed by atoms with Gasteiger partial charge >= 0.3 is 11.9 Å². The number of rotatable bonds is 7. The topological polar surface area (TPSA) is 107 Å². The summed E-state index contributed by atoms with van der Waals surface area (Å²) in [7, 11) is 0. The Morgan fingerprint density at radius 2 is 1.90 bits per heavy atom. The summed E-state index contributed by atoms with van der Waals surface area (Å²) in [6, 6.07) is 7.28. The Bertz CT molecular complexity index is 896. The lowest BCUT2D eigenvalue weighted by Crippen LogP contribution is -2.49. The number of carboxylic acid groups (broad SMARTS) is 2. The highest BCUT2D eigenvalue weighted by molar-refractivity contribution is 5.92. The monoisotopic (exact) mass is 396 g/mol. The van der Waals surface area contributed by atoms with Crippen molar-refractivity contribution >= 4 is 29.6 Å². The molecule has 1 aliphatic heterocycles. The van der Waals surface area contributed by atoms with Gasteiger partial charge < -0.3 is 20.4 Å². The van der Waals surface area contributed by atoms with Crippen molar-refractivity contribution in [1.82, 2.24) is 5.32 Å². The Hall–Kier alpha value is -3.35. The van der Waals surface area contributed by atoms with Crippen molar-refractivity contribution in [1.29, 1.82) is 0 Å². The van der Waals surface area contributed by atoms with E-state index in [9.17, 15) is 24.6 Å². The number of hydrogen-bond acceptors (Lipinski definition) is 4. The van der Waals surface area contributed by atoms with Gasteiger partial charge in [0.15, 0.2) is 0 Å². The predicted molar refractivity (Wildman–Crippen MR) is 109 cm³/mol. The number of nitrogens with zero attached hydrogens (tertiary/aromatic N) is 1. The zero-order valence-electron chi connectivity index (χ0n) is 16.0. The smallest absolute Gasteiger partial charge is 0.323 e. The molecule has 1 aliphatic carbocycles. The summed E-state index contributed by atoms with van der Waals surface area (Å²) in [5.74, 6) is -3.26. The highest BCUT2D eigenvalue weighted by atomic mass is 16.4. The average Bonchev–Trinajstić information content (AvgIpc) is 3.10. The number of aliphatic carboxylic acids is 2. The number of nitrogens with one attached hydrogen (secondary N) is 1. The average molecular weight is 396 g/mol.